The van der Waals surface area contributed by atoms with Crippen LogP contribution in [-0.4, -0.2) is 35.2 Å². The number of hydrogen-bond acceptors (Lipinski definition) is 3. The van der Waals surface area contributed by atoms with E-state index in [0.29, 0.717) is 51.1 Å². The molecule has 156 valence electrons. The summed E-state index contributed by atoms with van der Waals surface area (Å²) in [5, 5.41) is 3.05. The fourth-order valence-corrected chi connectivity index (χ4v) is 4.11. The third kappa shape index (κ3) is 4.44. The van der Waals surface area contributed by atoms with E-state index in [0.717, 1.165) is 11.4 Å². The van der Waals surface area contributed by atoms with Crippen LogP contribution in [0.2, 0.25) is 0 Å². The van der Waals surface area contributed by atoms with Crippen molar-refractivity contribution in [2.75, 3.05) is 19.8 Å². The quantitative estimate of drug-likeness (QED) is 0.645. The van der Waals surface area contributed by atoms with Gasteiger partial charge in [-0.1, -0.05) is 48.5 Å². The Morgan fingerprint density at radius 3 is 2.60 bits per heavy atom. The summed E-state index contributed by atoms with van der Waals surface area (Å²) in [6, 6.07) is 16.8. The number of ether oxygens (including phenoxy) is 1. The molecule has 0 atom stereocenters. The van der Waals surface area contributed by atoms with E-state index in [1.807, 2.05) is 53.2 Å². The van der Waals surface area contributed by atoms with Gasteiger partial charge in [0.2, 0.25) is 5.91 Å². The minimum absolute atomic E-state index is 0.0510. The summed E-state index contributed by atoms with van der Waals surface area (Å²) in [5.74, 6) is 0.570. The third-order valence-electron chi connectivity index (χ3n) is 5.85. The Morgan fingerprint density at radius 1 is 1.10 bits per heavy atom. The highest BCUT2D eigenvalue weighted by Crippen LogP contribution is 2.35. The minimum atomic E-state index is -0.427. The van der Waals surface area contributed by atoms with E-state index in [1.165, 1.54) is 6.07 Å². The molecule has 0 bridgehead atoms. The van der Waals surface area contributed by atoms with Crippen molar-refractivity contribution in [3.63, 3.8) is 0 Å². The van der Waals surface area contributed by atoms with Crippen molar-refractivity contribution in [1.29, 1.82) is 0 Å². The average Bonchev–Trinajstić information content (AvgIpc) is 3.26. The van der Waals surface area contributed by atoms with E-state index in [1.54, 1.807) is 12.3 Å². The van der Waals surface area contributed by atoms with Crippen LogP contribution in [0.5, 0.6) is 0 Å². The van der Waals surface area contributed by atoms with Gasteiger partial charge in [-0.25, -0.2) is 9.37 Å². The SMILES string of the molecule is O=C(CCn1ccnc1-c1ccccc1)NCC1(c2ccccc2F)CCOCC1. The van der Waals surface area contributed by atoms with Gasteiger partial charge in [-0.15, -0.1) is 0 Å². The van der Waals surface area contributed by atoms with E-state index in [2.05, 4.69) is 10.3 Å². The van der Waals surface area contributed by atoms with Gasteiger partial charge in [0.25, 0.3) is 0 Å². The molecule has 0 spiro atoms. The summed E-state index contributed by atoms with van der Waals surface area (Å²) in [5.41, 5.74) is 1.25. The van der Waals surface area contributed by atoms with Crippen LogP contribution in [0.15, 0.2) is 67.0 Å². The molecule has 1 fully saturated rings. The van der Waals surface area contributed by atoms with E-state index in [-0.39, 0.29) is 11.7 Å². The Bertz CT molecular complexity index is 981. The zero-order valence-electron chi connectivity index (χ0n) is 16.9. The fourth-order valence-electron chi connectivity index (χ4n) is 4.11. The Labute approximate surface area is 175 Å². The molecule has 4 rings (SSSR count). The summed E-state index contributed by atoms with van der Waals surface area (Å²) < 4.78 is 22.0. The molecule has 0 radical (unpaired) electrons. The summed E-state index contributed by atoms with van der Waals surface area (Å²) in [4.78, 5) is 17.0. The molecular formula is C24H26FN3O2. The van der Waals surface area contributed by atoms with Crippen molar-refractivity contribution in [1.82, 2.24) is 14.9 Å². The number of carbonyl (C=O) groups excluding carboxylic acids is 1. The Hall–Kier alpha value is -2.99. The van der Waals surface area contributed by atoms with E-state index in [9.17, 15) is 9.18 Å². The lowest BCUT2D eigenvalue weighted by molar-refractivity contribution is -0.121. The molecule has 1 saturated heterocycles. The first-order valence-corrected chi connectivity index (χ1v) is 10.3. The molecule has 0 unspecified atom stereocenters. The molecule has 1 aliphatic rings. The van der Waals surface area contributed by atoms with Gasteiger partial charge in [0.05, 0.1) is 0 Å². The van der Waals surface area contributed by atoms with Crippen molar-refractivity contribution in [2.24, 2.45) is 0 Å². The lowest BCUT2D eigenvalue weighted by atomic mass is 9.74. The normalized spacial score (nSPS) is 15.6. The summed E-state index contributed by atoms with van der Waals surface area (Å²) in [6.45, 7) is 2.08. The molecule has 1 aliphatic heterocycles. The summed E-state index contributed by atoms with van der Waals surface area (Å²) >= 11 is 0. The van der Waals surface area contributed by atoms with Gasteiger partial charge in [-0.2, -0.15) is 0 Å². The first-order valence-electron chi connectivity index (χ1n) is 10.3. The van der Waals surface area contributed by atoms with Crippen molar-refractivity contribution in [3.05, 3.63) is 78.4 Å². The van der Waals surface area contributed by atoms with Crippen molar-refractivity contribution >= 4 is 5.91 Å². The van der Waals surface area contributed by atoms with Crippen LogP contribution in [-0.2, 0) is 21.5 Å². The molecule has 1 amide bonds. The lowest BCUT2D eigenvalue weighted by Crippen LogP contribution is -2.45. The van der Waals surface area contributed by atoms with Gasteiger partial charge in [0, 0.05) is 56.1 Å². The monoisotopic (exact) mass is 407 g/mol. The Morgan fingerprint density at radius 2 is 1.83 bits per heavy atom. The van der Waals surface area contributed by atoms with Crippen molar-refractivity contribution in [3.8, 4) is 11.4 Å². The molecule has 2 aromatic carbocycles. The Balaban J connectivity index is 1.40. The first-order chi connectivity index (χ1) is 14.7. The molecule has 0 aliphatic carbocycles. The minimum Gasteiger partial charge on any atom is -0.381 e. The largest absolute Gasteiger partial charge is 0.381 e. The number of nitrogens with zero attached hydrogens (tertiary/aromatic N) is 2. The number of rotatable bonds is 7. The van der Waals surface area contributed by atoms with Crippen LogP contribution >= 0.6 is 0 Å². The number of hydrogen-bond donors (Lipinski definition) is 1. The Kier molecular flexibility index (Phi) is 6.23. The predicted molar refractivity (Wildman–Crippen MR) is 113 cm³/mol. The lowest BCUT2D eigenvalue weighted by Gasteiger charge is -2.38. The average molecular weight is 407 g/mol. The van der Waals surface area contributed by atoms with Crippen molar-refractivity contribution < 1.29 is 13.9 Å². The van der Waals surface area contributed by atoms with Gasteiger partial charge in [0.1, 0.15) is 11.6 Å². The van der Waals surface area contributed by atoms with Crippen molar-refractivity contribution in [2.45, 2.75) is 31.2 Å². The van der Waals surface area contributed by atoms with E-state index >= 15 is 0 Å². The van der Waals surface area contributed by atoms with Crippen LogP contribution in [0.25, 0.3) is 11.4 Å². The predicted octanol–water partition coefficient (Wildman–Crippen LogP) is 3.94. The van der Waals surface area contributed by atoms with Crippen LogP contribution in [0.1, 0.15) is 24.8 Å². The number of amides is 1. The number of aryl methyl sites for hydroxylation is 1. The molecule has 0 saturated carbocycles. The van der Waals surface area contributed by atoms with Crippen LogP contribution < -0.4 is 5.32 Å². The number of carbonyl (C=O) groups is 1. The maximum Gasteiger partial charge on any atom is 0.221 e. The first kappa shape index (κ1) is 20.3. The fraction of sp³-hybridized carbons (Fsp3) is 0.333. The molecule has 1 aromatic heterocycles. The molecule has 30 heavy (non-hydrogen) atoms. The third-order valence-corrected chi connectivity index (χ3v) is 5.85. The van der Waals surface area contributed by atoms with Gasteiger partial charge < -0.3 is 14.6 Å². The van der Waals surface area contributed by atoms with Gasteiger partial charge in [-0.05, 0) is 24.5 Å². The highest BCUT2D eigenvalue weighted by atomic mass is 19.1. The zero-order valence-corrected chi connectivity index (χ0v) is 16.9. The molecule has 1 N–H and O–H groups in total. The maximum absolute atomic E-state index is 14.5. The number of benzene rings is 2. The number of halogens is 1. The maximum atomic E-state index is 14.5. The molecule has 2 heterocycles. The van der Waals surface area contributed by atoms with Crippen LogP contribution in [0, 0.1) is 5.82 Å². The number of imidazole rings is 1. The smallest absolute Gasteiger partial charge is 0.221 e. The second kappa shape index (κ2) is 9.22. The highest BCUT2D eigenvalue weighted by molar-refractivity contribution is 5.76. The zero-order chi connectivity index (χ0) is 20.8. The molecular weight excluding hydrogens is 381 g/mol. The van der Waals surface area contributed by atoms with E-state index in [4.69, 9.17) is 4.74 Å². The van der Waals surface area contributed by atoms with Gasteiger partial charge in [-0.3, -0.25) is 4.79 Å². The molecule has 3 aromatic rings. The standard InChI is InChI=1S/C24H26FN3O2/c25-21-9-5-4-8-20(21)24(11-16-30-17-12-24)18-27-22(29)10-14-28-15-13-26-23(28)19-6-2-1-3-7-19/h1-9,13,15H,10-12,14,16-18H2,(H,27,29). The summed E-state index contributed by atoms with van der Waals surface area (Å²) in [7, 11) is 0. The number of nitrogens with one attached hydrogen (secondary N) is 1. The highest BCUT2D eigenvalue weighted by Gasteiger charge is 2.36. The topological polar surface area (TPSA) is 56.2 Å². The summed E-state index contributed by atoms with van der Waals surface area (Å²) in [6.07, 6.45) is 5.34. The molecule has 6 heteroatoms. The number of aromatic nitrogens is 2. The second-order valence-corrected chi connectivity index (χ2v) is 7.71. The van der Waals surface area contributed by atoms with Crippen LogP contribution in [0.3, 0.4) is 0 Å². The van der Waals surface area contributed by atoms with Gasteiger partial charge >= 0.3 is 0 Å². The van der Waals surface area contributed by atoms with E-state index < -0.39 is 5.41 Å². The second-order valence-electron chi connectivity index (χ2n) is 7.71. The van der Waals surface area contributed by atoms with Crippen LogP contribution in [0.4, 0.5) is 4.39 Å². The molecule has 5 nitrogen and oxygen atoms in total. The van der Waals surface area contributed by atoms with Gasteiger partial charge in [0.15, 0.2) is 0 Å².